The third kappa shape index (κ3) is 2.93. The number of fused-ring (bicyclic) bond motifs is 1. The molecule has 0 amide bonds. The third-order valence-corrected chi connectivity index (χ3v) is 2.79. The lowest BCUT2D eigenvalue weighted by molar-refractivity contribution is 0.0696. The van der Waals surface area contributed by atoms with Gasteiger partial charge in [0.15, 0.2) is 0 Å². The number of carbonyl (C=O) groups is 1. The highest BCUT2D eigenvalue weighted by molar-refractivity contribution is 5.88. The second-order valence-corrected chi connectivity index (χ2v) is 4.25. The Morgan fingerprint density at radius 2 is 2.16 bits per heavy atom. The molecule has 19 heavy (non-hydrogen) atoms. The zero-order chi connectivity index (χ0) is 13.8. The van der Waals surface area contributed by atoms with Gasteiger partial charge in [-0.3, -0.25) is 9.20 Å². The average Bonchev–Trinajstić information content (AvgIpc) is 2.39. The fraction of sp³-hybridized carbons (Fsp3) is 0.286. The molecule has 2 aromatic rings. The molecule has 1 N–H and O–H groups in total. The van der Waals surface area contributed by atoms with Crippen LogP contribution in [0, 0.1) is 0 Å². The van der Waals surface area contributed by atoms with Gasteiger partial charge in [-0.1, -0.05) is 13.3 Å². The van der Waals surface area contributed by atoms with Gasteiger partial charge in [0, 0.05) is 11.6 Å². The first-order chi connectivity index (χ1) is 9.11. The minimum atomic E-state index is -1.11. The summed E-state index contributed by atoms with van der Waals surface area (Å²) in [4.78, 5) is 22.7. The van der Waals surface area contributed by atoms with Crippen molar-refractivity contribution in [2.45, 2.75) is 19.8 Å². The van der Waals surface area contributed by atoms with Crippen molar-refractivity contribution in [1.29, 1.82) is 0 Å². The van der Waals surface area contributed by atoms with E-state index in [0.717, 1.165) is 18.9 Å². The van der Waals surface area contributed by atoms with E-state index >= 15 is 0 Å². The summed E-state index contributed by atoms with van der Waals surface area (Å²) in [5, 5.41) is 8.89. The summed E-state index contributed by atoms with van der Waals surface area (Å²) in [5.74, 6) is -0.506. The smallest absolute Gasteiger partial charge is 0.335 e. The first-order valence-corrected chi connectivity index (χ1v) is 6.14. The molecule has 0 aliphatic rings. The van der Waals surface area contributed by atoms with Gasteiger partial charge in [0.05, 0.1) is 18.4 Å². The Bertz CT molecular complexity index is 660. The number of hydrogen-bond acceptors (Lipinski definition) is 3. The van der Waals surface area contributed by atoms with Crippen LogP contribution < -0.4 is 10.3 Å². The number of unbranched alkanes of at least 4 members (excludes halogenated alkanes) is 1. The van der Waals surface area contributed by atoms with Gasteiger partial charge in [-0.05, 0) is 24.6 Å². The molecule has 0 spiro atoms. The van der Waals surface area contributed by atoms with Crippen molar-refractivity contribution in [2.24, 2.45) is 0 Å². The van der Waals surface area contributed by atoms with E-state index in [-0.39, 0.29) is 11.1 Å². The zero-order valence-electron chi connectivity index (χ0n) is 10.6. The van der Waals surface area contributed by atoms with Crippen LogP contribution in [-0.2, 0) is 0 Å². The summed E-state index contributed by atoms with van der Waals surface area (Å²) in [7, 11) is 0. The highest BCUT2D eigenvalue weighted by Gasteiger charge is 2.07. The molecule has 0 aromatic carbocycles. The van der Waals surface area contributed by atoms with Crippen LogP contribution in [0.25, 0.3) is 5.52 Å². The summed E-state index contributed by atoms with van der Waals surface area (Å²) >= 11 is 0. The number of nitrogens with zero attached hydrogens (tertiary/aromatic N) is 1. The lowest BCUT2D eigenvalue weighted by atomic mass is 10.2. The van der Waals surface area contributed by atoms with Crippen molar-refractivity contribution in [3.05, 3.63) is 46.4 Å². The predicted octanol–water partition coefficient (Wildman–Crippen LogP) is 2.18. The number of ether oxygens (including phenoxy) is 1. The Balaban J connectivity index is 2.38. The summed E-state index contributed by atoms with van der Waals surface area (Å²) in [6.45, 7) is 2.67. The molecule has 0 unspecified atom stereocenters. The van der Waals surface area contributed by atoms with E-state index in [1.165, 1.54) is 10.5 Å². The van der Waals surface area contributed by atoms with E-state index in [1.54, 1.807) is 18.3 Å². The lowest BCUT2D eigenvalue weighted by Gasteiger charge is -2.07. The van der Waals surface area contributed by atoms with Crippen molar-refractivity contribution in [3.8, 4) is 5.75 Å². The number of carboxylic acids is 1. The van der Waals surface area contributed by atoms with Gasteiger partial charge in [0.1, 0.15) is 5.75 Å². The molecule has 0 aliphatic carbocycles. The van der Waals surface area contributed by atoms with Crippen LogP contribution in [-0.4, -0.2) is 22.1 Å². The van der Waals surface area contributed by atoms with Crippen LogP contribution in [0.4, 0.5) is 0 Å². The van der Waals surface area contributed by atoms with Crippen molar-refractivity contribution in [2.75, 3.05) is 6.61 Å². The summed E-state index contributed by atoms with van der Waals surface area (Å²) in [6.07, 6.45) is 3.57. The van der Waals surface area contributed by atoms with Gasteiger partial charge in [-0.2, -0.15) is 0 Å². The van der Waals surface area contributed by atoms with Crippen molar-refractivity contribution < 1.29 is 14.6 Å². The molecule has 0 radical (unpaired) electrons. The first-order valence-electron chi connectivity index (χ1n) is 6.14. The Hall–Kier alpha value is -2.30. The SMILES string of the molecule is CCCCOc1ccc2cc(C(=O)O)cc(=O)n2c1. The van der Waals surface area contributed by atoms with Gasteiger partial charge in [-0.25, -0.2) is 4.79 Å². The quantitative estimate of drug-likeness (QED) is 0.837. The van der Waals surface area contributed by atoms with Crippen LogP contribution in [0.2, 0.25) is 0 Å². The Kier molecular flexibility index (Phi) is 3.85. The second kappa shape index (κ2) is 5.56. The maximum Gasteiger partial charge on any atom is 0.335 e. The van der Waals surface area contributed by atoms with Gasteiger partial charge in [0.25, 0.3) is 5.56 Å². The second-order valence-electron chi connectivity index (χ2n) is 4.25. The third-order valence-electron chi connectivity index (χ3n) is 2.79. The Morgan fingerprint density at radius 1 is 1.37 bits per heavy atom. The van der Waals surface area contributed by atoms with Crippen LogP contribution in [0.3, 0.4) is 0 Å². The number of carboxylic acid groups (broad SMARTS) is 1. The number of aromatic carboxylic acids is 1. The highest BCUT2D eigenvalue weighted by Crippen LogP contribution is 2.13. The molecule has 0 aliphatic heterocycles. The van der Waals surface area contributed by atoms with Crippen LogP contribution in [0.5, 0.6) is 5.75 Å². The molecule has 0 fully saturated rings. The predicted molar refractivity (Wildman–Crippen MR) is 71.0 cm³/mol. The van der Waals surface area contributed by atoms with Crippen LogP contribution in [0.1, 0.15) is 30.1 Å². The van der Waals surface area contributed by atoms with Gasteiger partial charge < -0.3 is 9.84 Å². The standard InChI is InChI=1S/C14H15NO4/c1-2-3-6-19-12-5-4-11-7-10(14(17)18)8-13(16)15(11)9-12/h4-5,7-9H,2-3,6H2,1H3,(H,17,18). The van der Waals surface area contributed by atoms with E-state index < -0.39 is 5.97 Å². The van der Waals surface area contributed by atoms with Crippen LogP contribution >= 0.6 is 0 Å². The van der Waals surface area contributed by atoms with Crippen molar-refractivity contribution >= 4 is 11.5 Å². The molecule has 5 heteroatoms. The summed E-state index contributed by atoms with van der Waals surface area (Å²) in [6, 6.07) is 5.97. The maximum absolute atomic E-state index is 11.8. The van der Waals surface area contributed by atoms with Gasteiger partial charge in [-0.15, -0.1) is 0 Å². The number of rotatable bonds is 5. The molecule has 0 saturated heterocycles. The van der Waals surface area contributed by atoms with Crippen molar-refractivity contribution in [1.82, 2.24) is 4.40 Å². The number of aromatic nitrogens is 1. The molecular weight excluding hydrogens is 246 g/mol. The Morgan fingerprint density at radius 3 is 2.84 bits per heavy atom. The molecule has 2 aromatic heterocycles. The van der Waals surface area contributed by atoms with Gasteiger partial charge >= 0.3 is 5.97 Å². The molecule has 0 bridgehead atoms. The molecule has 0 saturated carbocycles. The summed E-state index contributed by atoms with van der Waals surface area (Å²) < 4.78 is 6.89. The number of pyridine rings is 2. The topological polar surface area (TPSA) is 68.0 Å². The molecule has 100 valence electrons. The van der Waals surface area contributed by atoms with E-state index in [0.29, 0.717) is 17.9 Å². The first kappa shape index (κ1) is 13.1. The van der Waals surface area contributed by atoms with E-state index in [2.05, 4.69) is 6.92 Å². The zero-order valence-corrected chi connectivity index (χ0v) is 10.6. The molecule has 5 nitrogen and oxygen atoms in total. The normalized spacial score (nSPS) is 10.6. The van der Waals surface area contributed by atoms with E-state index in [9.17, 15) is 9.59 Å². The summed E-state index contributed by atoms with van der Waals surface area (Å²) in [5.41, 5.74) is 0.147. The lowest BCUT2D eigenvalue weighted by Crippen LogP contribution is -2.15. The largest absolute Gasteiger partial charge is 0.492 e. The molecule has 2 heterocycles. The minimum Gasteiger partial charge on any atom is -0.492 e. The average molecular weight is 261 g/mol. The maximum atomic E-state index is 11.8. The molecular formula is C14H15NO4. The number of hydrogen-bond donors (Lipinski definition) is 1. The van der Waals surface area contributed by atoms with Crippen molar-refractivity contribution in [3.63, 3.8) is 0 Å². The fourth-order valence-corrected chi connectivity index (χ4v) is 1.75. The monoisotopic (exact) mass is 261 g/mol. The van der Waals surface area contributed by atoms with Crippen LogP contribution in [0.15, 0.2) is 35.3 Å². The minimum absolute atomic E-state index is 0.00958. The van der Waals surface area contributed by atoms with Gasteiger partial charge in [0.2, 0.25) is 0 Å². The highest BCUT2D eigenvalue weighted by atomic mass is 16.5. The molecule has 2 rings (SSSR count). The van der Waals surface area contributed by atoms with E-state index in [1.807, 2.05) is 0 Å². The Labute approximate surface area is 110 Å². The van der Waals surface area contributed by atoms with E-state index in [4.69, 9.17) is 9.84 Å². The molecule has 0 atom stereocenters. The fourth-order valence-electron chi connectivity index (χ4n) is 1.75.